The molecule has 0 spiro atoms. The molecule has 4 aliphatic carbocycles. The zero-order chi connectivity index (χ0) is 19.2. The van der Waals surface area contributed by atoms with Gasteiger partial charge in [0, 0.05) is 24.3 Å². The quantitative estimate of drug-likeness (QED) is 0.579. The third kappa shape index (κ3) is 2.89. The molecule has 27 heavy (non-hydrogen) atoms. The number of carbonyl (C=O) groups excluding carboxylic acids is 1. The molecule has 0 amide bonds. The van der Waals surface area contributed by atoms with E-state index in [9.17, 15) is 4.79 Å². The zero-order valence-corrected chi connectivity index (χ0v) is 17.5. The fourth-order valence-corrected chi connectivity index (χ4v) is 7.92. The van der Waals surface area contributed by atoms with Crippen molar-refractivity contribution in [2.45, 2.75) is 78.6 Å². The van der Waals surface area contributed by atoms with Crippen molar-refractivity contribution in [2.24, 2.45) is 51.3 Å². The molecular formula is C23H38N2O2. The van der Waals surface area contributed by atoms with Crippen LogP contribution in [0.25, 0.3) is 0 Å². The Labute approximate surface area is 164 Å². The Bertz CT molecular complexity index is 617. The zero-order valence-electron chi connectivity index (χ0n) is 17.5. The fraction of sp³-hybridized carbons (Fsp3) is 0.913. The van der Waals surface area contributed by atoms with E-state index in [-0.39, 0.29) is 5.41 Å². The number of carbonyl (C=O) groups is 1. The number of hydrogen-bond donors (Lipinski definition) is 1. The maximum atomic E-state index is 12.6. The number of nitrogens with zero attached hydrogens (tertiary/aromatic N) is 1. The molecule has 4 heteroatoms. The van der Waals surface area contributed by atoms with E-state index < -0.39 is 0 Å². The van der Waals surface area contributed by atoms with Gasteiger partial charge in [0.1, 0.15) is 12.4 Å². The number of nitrogens with two attached hydrogens (primary N) is 1. The van der Waals surface area contributed by atoms with Crippen molar-refractivity contribution in [3.63, 3.8) is 0 Å². The van der Waals surface area contributed by atoms with E-state index in [1.807, 2.05) is 0 Å². The van der Waals surface area contributed by atoms with Crippen LogP contribution in [0.1, 0.15) is 78.6 Å². The average molecular weight is 375 g/mol. The van der Waals surface area contributed by atoms with Crippen molar-refractivity contribution < 1.29 is 9.63 Å². The first kappa shape index (κ1) is 19.4. The third-order valence-electron chi connectivity index (χ3n) is 9.32. The van der Waals surface area contributed by atoms with Gasteiger partial charge in [0.05, 0.1) is 5.71 Å². The number of fused-ring (bicyclic) bond motifs is 5. The van der Waals surface area contributed by atoms with Crippen LogP contribution in [-0.4, -0.2) is 24.6 Å². The summed E-state index contributed by atoms with van der Waals surface area (Å²) in [5.74, 6) is 4.03. The van der Waals surface area contributed by atoms with Gasteiger partial charge in [0.15, 0.2) is 0 Å². The minimum absolute atomic E-state index is 0.00807. The van der Waals surface area contributed by atoms with Gasteiger partial charge in [-0.3, -0.25) is 4.79 Å². The highest BCUT2D eigenvalue weighted by molar-refractivity contribution is 5.88. The molecule has 0 heterocycles. The van der Waals surface area contributed by atoms with E-state index in [1.165, 1.54) is 31.4 Å². The lowest BCUT2D eigenvalue weighted by atomic mass is 9.43. The van der Waals surface area contributed by atoms with E-state index in [0.29, 0.717) is 36.2 Å². The van der Waals surface area contributed by atoms with Gasteiger partial charge < -0.3 is 10.6 Å². The molecule has 152 valence electrons. The van der Waals surface area contributed by atoms with Crippen molar-refractivity contribution >= 4 is 11.5 Å². The first-order valence-corrected chi connectivity index (χ1v) is 11.4. The summed E-state index contributed by atoms with van der Waals surface area (Å²) in [6.07, 6.45) is 10.4. The van der Waals surface area contributed by atoms with Crippen LogP contribution < -0.4 is 5.73 Å². The predicted octanol–water partition coefficient (Wildman–Crippen LogP) is 4.57. The van der Waals surface area contributed by atoms with Gasteiger partial charge in [-0.1, -0.05) is 25.9 Å². The first-order chi connectivity index (χ1) is 13.0. The van der Waals surface area contributed by atoms with Gasteiger partial charge in [0.2, 0.25) is 0 Å². The minimum Gasteiger partial charge on any atom is -0.394 e. The molecule has 0 saturated heterocycles. The molecule has 0 bridgehead atoms. The summed E-state index contributed by atoms with van der Waals surface area (Å²) >= 11 is 0. The van der Waals surface area contributed by atoms with Crippen molar-refractivity contribution in [1.29, 1.82) is 0 Å². The van der Waals surface area contributed by atoms with Crippen LogP contribution in [-0.2, 0) is 9.63 Å². The highest BCUT2D eigenvalue weighted by atomic mass is 16.6. The van der Waals surface area contributed by atoms with Gasteiger partial charge in [-0.05, 0) is 80.5 Å². The Morgan fingerprint density at radius 1 is 1.07 bits per heavy atom. The van der Waals surface area contributed by atoms with Gasteiger partial charge in [-0.15, -0.1) is 0 Å². The van der Waals surface area contributed by atoms with Crippen LogP contribution in [0.15, 0.2) is 5.16 Å². The molecule has 4 aliphatic rings. The molecule has 4 nitrogen and oxygen atoms in total. The highest BCUT2D eigenvalue weighted by Crippen LogP contribution is 2.66. The van der Waals surface area contributed by atoms with Gasteiger partial charge in [-0.2, -0.15) is 0 Å². The standard InChI is InChI=1S/C23H38N2O2/c1-4-15-17-6-5-16-18-7-8-21(26)23(18,3)11-9-19(16)22(17,2)12-10-20(15)25-27-14-13-24/h15-19H,4-14,24H2,1-3H3/t15?,16-,17?,18-,19+,22-,23-/m0/s1. The molecule has 2 unspecified atom stereocenters. The van der Waals surface area contributed by atoms with Crippen LogP contribution in [0.3, 0.4) is 0 Å². The number of oxime groups is 1. The number of rotatable bonds is 4. The van der Waals surface area contributed by atoms with Crippen molar-refractivity contribution in [2.75, 3.05) is 13.2 Å². The molecule has 7 atom stereocenters. The van der Waals surface area contributed by atoms with E-state index in [0.717, 1.165) is 49.9 Å². The topological polar surface area (TPSA) is 64.7 Å². The highest BCUT2D eigenvalue weighted by Gasteiger charge is 2.61. The smallest absolute Gasteiger partial charge is 0.139 e. The van der Waals surface area contributed by atoms with E-state index >= 15 is 0 Å². The lowest BCUT2D eigenvalue weighted by molar-refractivity contribution is -0.138. The summed E-state index contributed by atoms with van der Waals surface area (Å²) < 4.78 is 0. The summed E-state index contributed by atoms with van der Waals surface area (Å²) in [6, 6.07) is 0. The van der Waals surface area contributed by atoms with Gasteiger partial charge >= 0.3 is 0 Å². The summed E-state index contributed by atoms with van der Waals surface area (Å²) in [5.41, 5.74) is 7.24. The molecule has 0 aromatic rings. The van der Waals surface area contributed by atoms with Gasteiger partial charge in [-0.25, -0.2) is 0 Å². The summed E-state index contributed by atoms with van der Waals surface area (Å²) in [5, 5.41) is 4.52. The van der Waals surface area contributed by atoms with Crippen molar-refractivity contribution in [1.82, 2.24) is 0 Å². The predicted molar refractivity (Wildman–Crippen MR) is 108 cm³/mol. The second-order valence-corrected chi connectivity index (χ2v) is 10.2. The Kier molecular flexibility index (Phi) is 5.15. The lowest BCUT2D eigenvalue weighted by Crippen LogP contribution is -2.56. The molecule has 0 aromatic heterocycles. The van der Waals surface area contributed by atoms with Crippen LogP contribution in [0.5, 0.6) is 0 Å². The molecule has 4 saturated carbocycles. The molecule has 0 radical (unpaired) electrons. The molecule has 0 aliphatic heterocycles. The number of hydrogen-bond acceptors (Lipinski definition) is 4. The molecule has 2 N–H and O–H groups in total. The van der Waals surface area contributed by atoms with Crippen LogP contribution in [0, 0.1) is 40.4 Å². The molecule has 4 fully saturated rings. The SMILES string of the molecule is CCC1C(=NOCCN)CC[C@@]2(C)C1CC[C@@H]1[C@H]2CC[C@]2(C)C(=O)CC[C@@H]12. The second kappa shape index (κ2) is 7.17. The maximum absolute atomic E-state index is 12.6. The monoisotopic (exact) mass is 374 g/mol. The van der Waals surface area contributed by atoms with Crippen LogP contribution >= 0.6 is 0 Å². The third-order valence-corrected chi connectivity index (χ3v) is 9.32. The Morgan fingerprint density at radius 2 is 1.89 bits per heavy atom. The number of Topliss-reactive ketones (excluding diaryl/α,β-unsaturated/α-hetero) is 1. The second-order valence-electron chi connectivity index (χ2n) is 10.2. The normalized spacial score (nSPS) is 48.1. The fourth-order valence-electron chi connectivity index (χ4n) is 7.92. The van der Waals surface area contributed by atoms with E-state index in [2.05, 4.69) is 25.9 Å². The lowest BCUT2D eigenvalue weighted by Gasteiger charge is -2.61. The summed E-state index contributed by atoms with van der Waals surface area (Å²) in [7, 11) is 0. The molecular weight excluding hydrogens is 336 g/mol. The molecule has 0 aromatic carbocycles. The Morgan fingerprint density at radius 3 is 2.63 bits per heavy atom. The molecule has 4 rings (SSSR count). The first-order valence-electron chi connectivity index (χ1n) is 11.4. The van der Waals surface area contributed by atoms with Crippen molar-refractivity contribution in [3.8, 4) is 0 Å². The largest absolute Gasteiger partial charge is 0.394 e. The Hall–Kier alpha value is -0.900. The van der Waals surface area contributed by atoms with E-state index in [1.54, 1.807) is 0 Å². The van der Waals surface area contributed by atoms with Crippen LogP contribution in [0.4, 0.5) is 0 Å². The Balaban J connectivity index is 1.58. The minimum atomic E-state index is -0.00807. The average Bonchev–Trinajstić information content (AvgIpc) is 2.97. The van der Waals surface area contributed by atoms with Crippen LogP contribution in [0.2, 0.25) is 0 Å². The van der Waals surface area contributed by atoms with E-state index in [4.69, 9.17) is 10.6 Å². The van der Waals surface area contributed by atoms with Gasteiger partial charge in [0.25, 0.3) is 0 Å². The number of ketones is 1. The van der Waals surface area contributed by atoms with Crippen molar-refractivity contribution in [3.05, 3.63) is 0 Å². The summed E-state index contributed by atoms with van der Waals surface area (Å²) in [6.45, 7) is 8.22. The maximum Gasteiger partial charge on any atom is 0.139 e. The summed E-state index contributed by atoms with van der Waals surface area (Å²) in [4.78, 5) is 18.1.